The zero-order valence-corrected chi connectivity index (χ0v) is 17.4. The van der Waals surface area contributed by atoms with Crippen molar-refractivity contribution in [3.8, 4) is 5.82 Å². The predicted octanol–water partition coefficient (Wildman–Crippen LogP) is 3.08. The summed E-state index contributed by atoms with van der Waals surface area (Å²) in [6.07, 6.45) is 1.44. The summed E-state index contributed by atoms with van der Waals surface area (Å²) < 4.78 is 1.47. The van der Waals surface area contributed by atoms with Gasteiger partial charge in [0.25, 0.3) is 17.4 Å². The number of nitrogens with zero attached hydrogens (tertiary/aromatic N) is 3. The van der Waals surface area contributed by atoms with Crippen molar-refractivity contribution in [3.05, 3.63) is 99.6 Å². The second-order valence-corrected chi connectivity index (χ2v) is 7.14. The minimum absolute atomic E-state index is 0.239. The van der Waals surface area contributed by atoms with Gasteiger partial charge in [-0.2, -0.15) is 10.2 Å². The molecule has 2 aromatic heterocycles. The number of hydrogen-bond acceptors (Lipinski definition) is 5. The SMILES string of the molecule is Cc1ccc(NC(=O)c2ccccc2)cc1NC(=O)c1cnn(-c2ccc(=O)[nH]n2)c1C. The molecule has 0 unspecified atom stereocenters. The number of anilines is 2. The molecule has 0 radical (unpaired) electrons. The molecule has 32 heavy (non-hydrogen) atoms. The van der Waals surface area contributed by atoms with Gasteiger partial charge >= 0.3 is 0 Å². The fourth-order valence-electron chi connectivity index (χ4n) is 3.14. The van der Waals surface area contributed by atoms with Gasteiger partial charge in [-0.1, -0.05) is 24.3 Å². The third-order valence-electron chi connectivity index (χ3n) is 4.92. The molecule has 3 N–H and O–H groups in total. The Bertz CT molecular complexity index is 1340. The maximum absolute atomic E-state index is 12.9. The number of rotatable bonds is 5. The van der Waals surface area contributed by atoms with Crippen molar-refractivity contribution >= 4 is 23.2 Å². The maximum Gasteiger partial charge on any atom is 0.264 e. The Morgan fingerprint density at radius 1 is 0.938 bits per heavy atom. The molecule has 0 saturated heterocycles. The third kappa shape index (κ3) is 4.31. The van der Waals surface area contributed by atoms with Crippen LogP contribution in [-0.4, -0.2) is 31.8 Å². The number of nitrogens with one attached hydrogen (secondary N) is 3. The smallest absolute Gasteiger partial charge is 0.264 e. The lowest BCUT2D eigenvalue weighted by atomic mass is 10.1. The Morgan fingerprint density at radius 3 is 2.44 bits per heavy atom. The van der Waals surface area contributed by atoms with Gasteiger partial charge in [0.2, 0.25) is 0 Å². The number of hydrogen-bond donors (Lipinski definition) is 3. The van der Waals surface area contributed by atoms with E-state index in [1.54, 1.807) is 43.3 Å². The quantitative estimate of drug-likeness (QED) is 0.451. The molecule has 2 amide bonds. The second-order valence-electron chi connectivity index (χ2n) is 7.14. The molecular weight excluding hydrogens is 408 g/mol. The third-order valence-corrected chi connectivity index (χ3v) is 4.92. The molecule has 2 heterocycles. The maximum atomic E-state index is 12.9. The van der Waals surface area contributed by atoms with Gasteiger partial charge in [-0.3, -0.25) is 14.4 Å². The Balaban J connectivity index is 1.53. The van der Waals surface area contributed by atoms with E-state index in [4.69, 9.17) is 0 Å². The molecule has 0 bridgehead atoms. The standard InChI is InChI=1S/C23H20N6O3/c1-14-8-9-17(25-22(31)16-6-4-3-5-7-16)12-19(14)26-23(32)18-13-24-29(15(18)2)20-10-11-21(30)28-27-20/h3-13H,1-2H3,(H,25,31)(H,26,32)(H,28,30). The lowest BCUT2D eigenvalue weighted by molar-refractivity contribution is 0.101. The van der Waals surface area contributed by atoms with Gasteiger partial charge in [-0.25, -0.2) is 9.78 Å². The normalized spacial score (nSPS) is 10.6. The van der Waals surface area contributed by atoms with Crippen molar-refractivity contribution in [2.24, 2.45) is 0 Å². The van der Waals surface area contributed by atoms with E-state index in [2.05, 4.69) is 25.9 Å². The van der Waals surface area contributed by atoms with E-state index in [0.717, 1.165) is 5.56 Å². The molecule has 0 fully saturated rings. The van der Waals surface area contributed by atoms with Crippen molar-refractivity contribution in [1.82, 2.24) is 20.0 Å². The summed E-state index contributed by atoms with van der Waals surface area (Å²) in [6, 6.07) is 17.0. The van der Waals surface area contributed by atoms with Gasteiger partial charge in [-0.15, -0.1) is 0 Å². The first-order valence-electron chi connectivity index (χ1n) is 9.81. The molecule has 4 aromatic rings. The van der Waals surface area contributed by atoms with Crippen molar-refractivity contribution in [2.75, 3.05) is 10.6 Å². The Hall–Kier alpha value is -4.53. The van der Waals surface area contributed by atoms with E-state index in [1.165, 1.54) is 23.0 Å². The summed E-state index contributed by atoms with van der Waals surface area (Å²) in [5.74, 6) is -0.201. The zero-order chi connectivity index (χ0) is 22.7. The van der Waals surface area contributed by atoms with Gasteiger partial charge in [-0.05, 0) is 49.7 Å². The molecule has 9 nitrogen and oxygen atoms in total. The van der Waals surface area contributed by atoms with Crippen molar-refractivity contribution in [1.29, 1.82) is 0 Å². The molecule has 0 aliphatic rings. The van der Waals surface area contributed by atoms with Crippen LogP contribution in [-0.2, 0) is 0 Å². The van der Waals surface area contributed by atoms with Gasteiger partial charge in [0.05, 0.1) is 17.5 Å². The van der Waals surface area contributed by atoms with Crippen LogP contribution in [0.25, 0.3) is 5.82 Å². The number of amides is 2. The molecular formula is C23H20N6O3. The summed E-state index contributed by atoms with van der Waals surface area (Å²) in [5, 5.41) is 16.2. The summed E-state index contributed by atoms with van der Waals surface area (Å²) in [5.41, 5.74) is 3.09. The molecule has 160 valence electrons. The average Bonchev–Trinajstić information content (AvgIpc) is 3.18. The van der Waals surface area contributed by atoms with Crippen molar-refractivity contribution < 1.29 is 9.59 Å². The first-order valence-corrected chi connectivity index (χ1v) is 9.81. The van der Waals surface area contributed by atoms with Gasteiger partial charge in [0.1, 0.15) is 0 Å². The highest BCUT2D eigenvalue weighted by molar-refractivity contribution is 6.07. The van der Waals surface area contributed by atoms with Gasteiger partial charge < -0.3 is 10.6 Å². The lowest BCUT2D eigenvalue weighted by Gasteiger charge is -2.12. The molecule has 2 aromatic carbocycles. The highest BCUT2D eigenvalue weighted by Gasteiger charge is 2.17. The molecule has 0 aliphatic heterocycles. The highest BCUT2D eigenvalue weighted by Crippen LogP contribution is 2.22. The van der Waals surface area contributed by atoms with Crippen LogP contribution in [0.4, 0.5) is 11.4 Å². The summed E-state index contributed by atoms with van der Waals surface area (Å²) in [6.45, 7) is 3.59. The van der Waals surface area contributed by atoms with Crippen LogP contribution in [0.15, 0.2) is 71.7 Å². The van der Waals surface area contributed by atoms with Gasteiger partial charge in [0, 0.05) is 23.0 Å². The number of aromatic amines is 1. The van der Waals surface area contributed by atoms with Gasteiger partial charge in [0.15, 0.2) is 5.82 Å². The summed E-state index contributed by atoms with van der Waals surface area (Å²) >= 11 is 0. The number of carbonyl (C=O) groups is 2. The number of aromatic nitrogens is 4. The van der Waals surface area contributed by atoms with E-state index in [1.807, 2.05) is 19.1 Å². The van der Waals surface area contributed by atoms with Crippen LogP contribution >= 0.6 is 0 Å². The molecule has 0 saturated carbocycles. The predicted molar refractivity (Wildman–Crippen MR) is 120 cm³/mol. The fraction of sp³-hybridized carbons (Fsp3) is 0.0870. The van der Waals surface area contributed by atoms with Crippen LogP contribution in [0, 0.1) is 13.8 Å². The lowest BCUT2D eigenvalue weighted by Crippen LogP contribution is -2.16. The number of benzene rings is 2. The largest absolute Gasteiger partial charge is 0.322 e. The number of H-pyrrole nitrogens is 1. The van der Waals surface area contributed by atoms with Crippen LogP contribution in [0.5, 0.6) is 0 Å². The average molecular weight is 428 g/mol. The van der Waals surface area contributed by atoms with E-state index in [0.29, 0.717) is 34.0 Å². The minimum Gasteiger partial charge on any atom is -0.322 e. The fourth-order valence-corrected chi connectivity index (χ4v) is 3.14. The minimum atomic E-state index is -0.354. The second kappa shape index (κ2) is 8.68. The van der Waals surface area contributed by atoms with Crippen molar-refractivity contribution in [3.63, 3.8) is 0 Å². The van der Waals surface area contributed by atoms with E-state index in [9.17, 15) is 14.4 Å². The molecule has 0 aliphatic carbocycles. The first kappa shape index (κ1) is 20.7. The highest BCUT2D eigenvalue weighted by atomic mass is 16.2. The summed E-state index contributed by atoms with van der Waals surface area (Å²) in [7, 11) is 0. The molecule has 9 heteroatoms. The van der Waals surface area contributed by atoms with Crippen LogP contribution in [0.1, 0.15) is 32.0 Å². The number of carbonyl (C=O) groups excluding carboxylic acids is 2. The summed E-state index contributed by atoms with van der Waals surface area (Å²) in [4.78, 5) is 36.6. The monoisotopic (exact) mass is 428 g/mol. The topological polar surface area (TPSA) is 122 Å². The van der Waals surface area contributed by atoms with Crippen LogP contribution in [0.2, 0.25) is 0 Å². The van der Waals surface area contributed by atoms with Crippen LogP contribution < -0.4 is 16.2 Å². The molecule has 0 spiro atoms. The van der Waals surface area contributed by atoms with E-state index in [-0.39, 0.29) is 17.4 Å². The van der Waals surface area contributed by atoms with E-state index < -0.39 is 0 Å². The molecule has 0 atom stereocenters. The van der Waals surface area contributed by atoms with Crippen LogP contribution in [0.3, 0.4) is 0 Å². The Morgan fingerprint density at radius 2 is 1.72 bits per heavy atom. The zero-order valence-electron chi connectivity index (χ0n) is 17.4. The Labute approximate surface area is 183 Å². The Kier molecular flexibility index (Phi) is 5.63. The molecule has 4 rings (SSSR count). The van der Waals surface area contributed by atoms with E-state index >= 15 is 0 Å². The number of aryl methyl sites for hydroxylation is 1. The van der Waals surface area contributed by atoms with Crippen molar-refractivity contribution in [2.45, 2.75) is 13.8 Å². The first-order chi connectivity index (χ1) is 15.4.